The molecule has 0 aliphatic heterocycles. The SMILES string of the molecule is CSCCCCCCNS(=O)(=O)c1ccc(C(N)=S)cc1. The van der Waals surface area contributed by atoms with E-state index in [-0.39, 0.29) is 9.88 Å². The van der Waals surface area contributed by atoms with E-state index < -0.39 is 10.0 Å². The van der Waals surface area contributed by atoms with Crippen molar-refractivity contribution in [3.63, 3.8) is 0 Å². The maximum atomic E-state index is 12.1. The number of rotatable bonds is 10. The summed E-state index contributed by atoms with van der Waals surface area (Å²) in [6.07, 6.45) is 6.33. The second-order valence-electron chi connectivity index (χ2n) is 4.69. The Morgan fingerprint density at radius 1 is 1.19 bits per heavy atom. The molecule has 0 unspecified atom stereocenters. The molecule has 1 rings (SSSR count). The number of nitrogens with one attached hydrogen (secondary N) is 1. The van der Waals surface area contributed by atoms with Crippen LogP contribution in [0.5, 0.6) is 0 Å². The van der Waals surface area contributed by atoms with E-state index in [1.807, 2.05) is 11.8 Å². The molecule has 0 saturated heterocycles. The lowest BCUT2D eigenvalue weighted by atomic mass is 10.2. The number of benzene rings is 1. The normalized spacial score (nSPS) is 11.5. The van der Waals surface area contributed by atoms with Gasteiger partial charge in [0.05, 0.1) is 4.90 Å². The predicted octanol–water partition coefficient (Wildman–Crippen LogP) is 2.52. The van der Waals surface area contributed by atoms with Crippen molar-refractivity contribution in [2.45, 2.75) is 30.6 Å². The van der Waals surface area contributed by atoms with Gasteiger partial charge in [0.15, 0.2) is 0 Å². The number of hydrogen-bond donors (Lipinski definition) is 2. The highest BCUT2D eigenvalue weighted by atomic mass is 32.2. The summed E-state index contributed by atoms with van der Waals surface area (Å²) in [4.78, 5) is 0.502. The zero-order valence-corrected chi connectivity index (χ0v) is 14.6. The molecule has 0 heterocycles. The van der Waals surface area contributed by atoms with E-state index in [2.05, 4.69) is 11.0 Å². The summed E-state index contributed by atoms with van der Waals surface area (Å²) in [6.45, 7) is 0.471. The molecule has 3 N–H and O–H groups in total. The van der Waals surface area contributed by atoms with Crippen LogP contribution in [0.2, 0.25) is 0 Å². The third-order valence-electron chi connectivity index (χ3n) is 3.02. The molecule has 0 radical (unpaired) electrons. The summed E-state index contributed by atoms with van der Waals surface area (Å²) >= 11 is 6.68. The molecular formula is C14H22N2O2S3. The van der Waals surface area contributed by atoms with Crippen LogP contribution in [-0.4, -0.2) is 32.0 Å². The van der Waals surface area contributed by atoms with Crippen LogP contribution in [0.25, 0.3) is 0 Å². The number of sulfonamides is 1. The van der Waals surface area contributed by atoms with Crippen molar-refractivity contribution < 1.29 is 8.42 Å². The van der Waals surface area contributed by atoms with Crippen LogP contribution in [0.15, 0.2) is 29.2 Å². The van der Waals surface area contributed by atoms with Gasteiger partial charge in [0.2, 0.25) is 10.0 Å². The standard InChI is InChI=1S/C14H22N2O2S3/c1-20-11-5-3-2-4-10-16-21(17,18)13-8-6-12(7-9-13)14(15)19/h6-9,16H,2-5,10-11H2,1H3,(H2,15,19). The Balaban J connectivity index is 2.41. The second-order valence-corrected chi connectivity index (χ2v) is 7.89. The summed E-state index contributed by atoms with van der Waals surface area (Å²) in [5, 5.41) is 0. The Morgan fingerprint density at radius 2 is 1.81 bits per heavy atom. The smallest absolute Gasteiger partial charge is 0.240 e. The Bertz CT molecular complexity index is 542. The molecule has 0 fully saturated rings. The number of thioether (sulfide) groups is 1. The minimum atomic E-state index is -3.44. The van der Waals surface area contributed by atoms with Crippen molar-refractivity contribution in [1.29, 1.82) is 0 Å². The molecule has 1 aromatic rings. The summed E-state index contributed by atoms with van der Waals surface area (Å²) < 4.78 is 26.8. The van der Waals surface area contributed by atoms with Crippen molar-refractivity contribution >= 4 is 39.0 Å². The molecule has 0 amide bonds. The quantitative estimate of drug-likeness (QED) is 0.503. The molecule has 7 heteroatoms. The Labute approximate surface area is 136 Å². The first-order valence-corrected chi connectivity index (χ1v) is 10.1. The van der Waals surface area contributed by atoms with Gasteiger partial charge in [0.1, 0.15) is 4.99 Å². The van der Waals surface area contributed by atoms with Gasteiger partial charge in [-0.3, -0.25) is 0 Å². The maximum Gasteiger partial charge on any atom is 0.240 e. The third-order valence-corrected chi connectivity index (χ3v) is 5.43. The first kappa shape index (κ1) is 18.4. The molecule has 0 saturated carbocycles. The van der Waals surface area contributed by atoms with Gasteiger partial charge in [0, 0.05) is 12.1 Å². The van der Waals surface area contributed by atoms with E-state index in [0.717, 1.165) is 19.3 Å². The predicted molar refractivity (Wildman–Crippen MR) is 94.4 cm³/mol. The van der Waals surface area contributed by atoms with Crippen LogP contribution in [0.1, 0.15) is 31.2 Å². The Kier molecular flexibility index (Phi) is 8.24. The van der Waals surface area contributed by atoms with Crippen molar-refractivity contribution in [3.05, 3.63) is 29.8 Å². The van der Waals surface area contributed by atoms with Crippen LogP contribution in [0.3, 0.4) is 0 Å². The average Bonchev–Trinajstić information content (AvgIpc) is 2.46. The van der Waals surface area contributed by atoms with Crippen LogP contribution in [-0.2, 0) is 10.0 Å². The van der Waals surface area contributed by atoms with E-state index in [0.29, 0.717) is 12.1 Å². The Hall–Kier alpha value is -0.630. The molecule has 0 aliphatic carbocycles. The fourth-order valence-electron chi connectivity index (χ4n) is 1.81. The number of hydrogen-bond acceptors (Lipinski definition) is 4. The first-order chi connectivity index (χ1) is 9.97. The van der Waals surface area contributed by atoms with Crippen LogP contribution >= 0.6 is 24.0 Å². The fourth-order valence-corrected chi connectivity index (χ4v) is 3.52. The molecule has 0 atom stereocenters. The lowest BCUT2D eigenvalue weighted by Crippen LogP contribution is -2.25. The van der Waals surface area contributed by atoms with Crippen LogP contribution in [0, 0.1) is 0 Å². The van der Waals surface area contributed by atoms with Crippen molar-refractivity contribution in [3.8, 4) is 0 Å². The molecule has 0 bridgehead atoms. The summed E-state index contributed by atoms with van der Waals surface area (Å²) in [6, 6.07) is 6.29. The van der Waals surface area contributed by atoms with E-state index >= 15 is 0 Å². The van der Waals surface area contributed by atoms with Gasteiger partial charge in [-0.05, 0) is 37.0 Å². The summed E-state index contributed by atoms with van der Waals surface area (Å²) in [7, 11) is -3.44. The van der Waals surface area contributed by atoms with Crippen molar-refractivity contribution in [1.82, 2.24) is 4.72 Å². The molecule has 4 nitrogen and oxygen atoms in total. The van der Waals surface area contributed by atoms with E-state index in [1.165, 1.54) is 24.3 Å². The molecule has 118 valence electrons. The lowest BCUT2D eigenvalue weighted by molar-refractivity contribution is 0.574. The first-order valence-electron chi connectivity index (χ1n) is 6.86. The molecule has 21 heavy (non-hydrogen) atoms. The van der Waals surface area contributed by atoms with Crippen molar-refractivity contribution in [2.24, 2.45) is 5.73 Å². The van der Waals surface area contributed by atoms with Gasteiger partial charge >= 0.3 is 0 Å². The number of unbranched alkanes of at least 4 members (excludes halogenated alkanes) is 3. The van der Waals surface area contributed by atoms with Gasteiger partial charge < -0.3 is 5.73 Å². The van der Waals surface area contributed by atoms with Gasteiger partial charge in [-0.15, -0.1) is 0 Å². The topological polar surface area (TPSA) is 72.2 Å². The molecule has 0 aliphatic rings. The second kappa shape index (κ2) is 9.40. The molecule has 0 spiro atoms. The largest absolute Gasteiger partial charge is 0.389 e. The monoisotopic (exact) mass is 346 g/mol. The summed E-state index contributed by atoms with van der Waals surface area (Å²) in [5.41, 5.74) is 6.15. The van der Waals surface area contributed by atoms with E-state index in [4.69, 9.17) is 18.0 Å². The van der Waals surface area contributed by atoms with Crippen LogP contribution < -0.4 is 10.5 Å². The van der Waals surface area contributed by atoms with Gasteiger partial charge in [-0.1, -0.05) is 37.2 Å². The molecular weight excluding hydrogens is 324 g/mol. The molecule has 0 aromatic heterocycles. The summed E-state index contributed by atoms with van der Waals surface area (Å²) in [5.74, 6) is 1.17. The van der Waals surface area contributed by atoms with Gasteiger partial charge in [0.25, 0.3) is 0 Å². The van der Waals surface area contributed by atoms with Crippen molar-refractivity contribution in [2.75, 3.05) is 18.6 Å². The minimum Gasteiger partial charge on any atom is -0.389 e. The highest BCUT2D eigenvalue weighted by molar-refractivity contribution is 7.98. The fraction of sp³-hybridized carbons (Fsp3) is 0.500. The lowest BCUT2D eigenvalue weighted by Gasteiger charge is -2.07. The highest BCUT2D eigenvalue weighted by Gasteiger charge is 2.13. The number of nitrogens with two attached hydrogens (primary N) is 1. The van der Waals surface area contributed by atoms with Gasteiger partial charge in [-0.2, -0.15) is 11.8 Å². The highest BCUT2D eigenvalue weighted by Crippen LogP contribution is 2.11. The van der Waals surface area contributed by atoms with E-state index in [9.17, 15) is 8.42 Å². The van der Waals surface area contributed by atoms with Crippen LogP contribution in [0.4, 0.5) is 0 Å². The zero-order chi connectivity index (χ0) is 15.7. The number of thiocarbonyl (C=S) groups is 1. The Morgan fingerprint density at radius 3 is 2.38 bits per heavy atom. The zero-order valence-electron chi connectivity index (χ0n) is 12.2. The van der Waals surface area contributed by atoms with Gasteiger partial charge in [-0.25, -0.2) is 13.1 Å². The maximum absolute atomic E-state index is 12.1. The third kappa shape index (κ3) is 6.78. The molecule has 1 aromatic carbocycles. The average molecular weight is 347 g/mol. The minimum absolute atomic E-state index is 0.241. The van der Waals surface area contributed by atoms with E-state index in [1.54, 1.807) is 12.1 Å².